The van der Waals surface area contributed by atoms with Gasteiger partial charge in [-0.25, -0.2) is 0 Å². The van der Waals surface area contributed by atoms with Crippen molar-refractivity contribution in [3.8, 4) is 0 Å². The van der Waals surface area contributed by atoms with E-state index in [0.717, 1.165) is 38.5 Å². The van der Waals surface area contributed by atoms with Gasteiger partial charge in [0.05, 0.1) is 5.92 Å². The second-order valence-corrected chi connectivity index (χ2v) is 4.28. The Balaban J connectivity index is 3.89. The summed E-state index contributed by atoms with van der Waals surface area (Å²) in [5.74, 6) is -0.282. The highest BCUT2D eigenvalue weighted by Crippen LogP contribution is 2.16. The van der Waals surface area contributed by atoms with Gasteiger partial charge in [0.15, 0.2) is 0 Å². The Kier molecular flexibility index (Phi) is 9.30. The van der Waals surface area contributed by atoms with Crippen LogP contribution in [0.5, 0.6) is 0 Å². The van der Waals surface area contributed by atoms with Gasteiger partial charge >= 0.3 is 5.97 Å². The second kappa shape index (κ2) is 9.64. The largest absolute Gasteiger partial charge is 0.436 e. The van der Waals surface area contributed by atoms with E-state index in [-0.39, 0.29) is 11.9 Å². The zero-order chi connectivity index (χ0) is 12.4. The molecule has 16 heavy (non-hydrogen) atoms. The quantitative estimate of drug-likeness (QED) is 0.488. The molecule has 0 radical (unpaired) electrons. The lowest BCUT2D eigenvalue weighted by atomic mass is 10.00. The topological polar surface area (TPSA) is 46.5 Å². The number of hydrogen-bond donors (Lipinski definition) is 1. The van der Waals surface area contributed by atoms with Gasteiger partial charge < -0.3 is 9.84 Å². The molecule has 0 aliphatic rings. The Bertz CT molecular complexity index is 180. The predicted octanol–water partition coefficient (Wildman–Crippen LogP) is 3.25. The Hall–Kier alpha value is -0.570. The summed E-state index contributed by atoms with van der Waals surface area (Å²) in [4.78, 5) is 11.7. The van der Waals surface area contributed by atoms with Crippen molar-refractivity contribution in [3.63, 3.8) is 0 Å². The van der Waals surface area contributed by atoms with E-state index in [1.54, 1.807) is 0 Å². The molecule has 0 aromatic heterocycles. The number of unbranched alkanes of at least 4 members (excludes halogenated alkanes) is 2. The molecular formula is C13H26O3. The molecule has 2 atom stereocenters. The molecule has 3 nitrogen and oxygen atoms in total. The molecule has 0 saturated heterocycles. The lowest BCUT2D eigenvalue weighted by Crippen LogP contribution is -2.24. The molecule has 0 spiro atoms. The maximum absolute atomic E-state index is 11.7. The van der Waals surface area contributed by atoms with Crippen LogP contribution in [0.25, 0.3) is 0 Å². The van der Waals surface area contributed by atoms with Gasteiger partial charge in [-0.15, -0.1) is 0 Å². The fraction of sp³-hybridized carbons (Fsp3) is 0.923. The zero-order valence-electron chi connectivity index (χ0n) is 10.9. The van der Waals surface area contributed by atoms with Crippen LogP contribution < -0.4 is 0 Å². The van der Waals surface area contributed by atoms with Crippen molar-refractivity contribution in [2.24, 2.45) is 5.92 Å². The van der Waals surface area contributed by atoms with Crippen LogP contribution in [0.2, 0.25) is 0 Å². The van der Waals surface area contributed by atoms with E-state index in [2.05, 4.69) is 6.92 Å². The molecule has 0 aliphatic heterocycles. The van der Waals surface area contributed by atoms with E-state index in [4.69, 9.17) is 4.74 Å². The smallest absolute Gasteiger partial charge is 0.311 e. The maximum Gasteiger partial charge on any atom is 0.311 e. The predicted molar refractivity (Wildman–Crippen MR) is 64.9 cm³/mol. The highest BCUT2D eigenvalue weighted by Gasteiger charge is 2.20. The van der Waals surface area contributed by atoms with E-state index < -0.39 is 6.29 Å². The molecule has 0 rings (SSSR count). The van der Waals surface area contributed by atoms with Gasteiger partial charge in [0.2, 0.25) is 6.29 Å². The second-order valence-electron chi connectivity index (χ2n) is 4.28. The molecule has 96 valence electrons. The minimum atomic E-state index is -0.914. The van der Waals surface area contributed by atoms with Crippen LogP contribution in [0.15, 0.2) is 0 Å². The first-order chi connectivity index (χ1) is 7.65. The van der Waals surface area contributed by atoms with Crippen molar-refractivity contribution in [2.45, 2.75) is 72.0 Å². The molecule has 0 amide bonds. The van der Waals surface area contributed by atoms with Crippen LogP contribution in [-0.4, -0.2) is 17.4 Å². The first kappa shape index (κ1) is 15.4. The summed E-state index contributed by atoms with van der Waals surface area (Å²) in [5, 5.41) is 9.48. The number of ether oxygens (including phenoxy) is 1. The molecular weight excluding hydrogens is 204 g/mol. The molecule has 0 bridgehead atoms. The third-order valence-corrected chi connectivity index (χ3v) is 2.79. The van der Waals surface area contributed by atoms with Gasteiger partial charge in [-0.2, -0.15) is 0 Å². The summed E-state index contributed by atoms with van der Waals surface area (Å²) in [5.41, 5.74) is 0. The number of carbonyl (C=O) groups is 1. The molecule has 2 unspecified atom stereocenters. The van der Waals surface area contributed by atoms with E-state index in [1.807, 2.05) is 13.8 Å². The van der Waals surface area contributed by atoms with E-state index in [9.17, 15) is 9.90 Å². The monoisotopic (exact) mass is 230 g/mol. The first-order valence-corrected chi connectivity index (χ1v) is 6.54. The van der Waals surface area contributed by atoms with Crippen molar-refractivity contribution in [2.75, 3.05) is 0 Å². The average molecular weight is 230 g/mol. The van der Waals surface area contributed by atoms with Crippen LogP contribution >= 0.6 is 0 Å². The third kappa shape index (κ3) is 6.83. The highest BCUT2D eigenvalue weighted by atomic mass is 16.6. The maximum atomic E-state index is 11.7. The molecule has 1 N–H and O–H groups in total. The van der Waals surface area contributed by atoms with Gasteiger partial charge in [-0.05, 0) is 19.3 Å². The Morgan fingerprint density at radius 2 is 1.69 bits per heavy atom. The summed E-state index contributed by atoms with van der Waals surface area (Å²) in [7, 11) is 0. The third-order valence-electron chi connectivity index (χ3n) is 2.79. The summed E-state index contributed by atoms with van der Waals surface area (Å²) in [6.45, 7) is 6.14. The number of hydrogen-bond acceptors (Lipinski definition) is 3. The molecule has 0 aromatic carbocycles. The summed E-state index contributed by atoms with van der Waals surface area (Å²) in [6, 6.07) is 0. The summed E-state index contributed by atoms with van der Waals surface area (Å²) >= 11 is 0. The normalized spacial score (nSPS) is 14.5. The van der Waals surface area contributed by atoms with Crippen LogP contribution in [0.1, 0.15) is 65.7 Å². The van der Waals surface area contributed by atoms with Crippen LogP contribution in [-0.2, 0) is 9.53 Å². The standard InChI is InChI=1S/C13H26O3/c1-4-7-9-11(6-3)13(15)16-12(14)10-8-5-2/h11-12,14H,4-10H2,1-3H3. The molecule has 0 saturated carbocycles. The number of carbonyl (C=O) groups excluding carboxylic acids is 1. The number of aliphatic hydroxyl groups excluding tert-OH is 1. The van der Waals surface area contributed by atoms with Crippen molar-refractivity contribution in [1.82, 2.24) is 0 Å². The van der Waals surface area contributed by atoms with Gasteiger partial charge in [0.25, 0.3) is 0 Å². The minimum Gasteiger partial charge on any atom is -0.436 e. The zero-order valence-corrected chi connectivity index (χ0v) is 10.9. The number of aliphatic hydroxyl groups is 1. The van der Waals surface area contributed by atoms with Crippen molar-refractivity contribution < 1.29 is 14.6 Å². The van der Waals surface area contributed by atoms with Crippen molar-refractivity contribution >= 4 is 5.97 Å². The highest BCUT2D eigenvalue weighted by molar-refractivity contribution is 5.72. The summed E-state index contributed by atoms with van der Waals surface area (Å²) in [6.07, 6.45) is 5.31. The van der Waals surface area contributed by atoms with E-state index in [0.29, 0.717) is 6.42 Å². The molecule has 0 heterocycles. The molecule has 3 heteroatoms. The lowest BCUT2D eigenvalue weighted by Gasteiger charge is -2.17. The molecule has 0 fully saturated rings. The number of rotatable bonds is 9. The van der Waals surface area contributed by atoms with Gasteiger partial charge in [0, 0.05) is 6.42 Å². The van der Waals surface area contributed by atoms with Gasteiger partial charge in [-0.3, -0.25) is 4.79 Å². The fourth-order valence-corrected chi connectivity index (χ4v) is 1.61. The SMILES string of the molecule is CCCCC(O)OC(=O)C(CC)CCCC. The van der Waals surface area contributed by atoms with Crippen LogP contribution in [0.3, 0.4) is 0 Å². The first-order valence-electron chi connectivity index (χ1n) is 6.54. The molecule has 0 aromatic rings. The van der Waals surface area contributed by atoms with Crippen LogP contribution in [0.4, 0.5) is 0 Å². The Morgan fingerprint density at radius 1 is 1.12 bits per heavy atom. The summed E-state index contributed by atoms with van der Waals surface area (Å²) < 4.78 is 5.02. The minimum absolute atomic E-state index is 0.0452. The van der Waals surface area contributed by atoms with Crippen molar-refractivity contribution in [1.29, 1.82) is 0 Å². The average Bonchev–Trinajstić information content (AvgIpc) is 2.27. The van der Waals surface area contributed by atoms with Gasteiger partial charge in [-0.1, -0.05) is 40.0 Å². The fourth-order valence-electron chi connectivity index (χ4n) is 1.61. The Morgan fingerprint density at radius 3 is 2.19 bits per heavy atom. The molecule has 0 aliphatic carbocycles. The van der Waals surface area contributed by atoms with E-state index in [1.165, 1.54) is 0 Å². The van der Waals surface area contributed by atoms with Crippen LogP contribution in [0, 0.1) is 5.92 Å². The van der Waals surface area contributed by atoms with Gasteiger partial charge in [0.1, 0.15) is 0 Å². The number of esters is 1. The van der Waals surface area contributed by atoms with E-state index >= 15 is 0 Å². The Labute approximate surface area is 99.2 Å². The van der Waals surface area contributed by atoms with Crippen molar-refractivity contribution in [3.05, 3.63) is 0 Å². The lowest BCUT2D eigenvalue weighted by molar-refractivity contribution is -0.174.